The fraction of sp³-hybridized carbons (Fsp3) is 0. The molecule has 4 nitrogen and oxygen atoms in total. The third-order valence-electron chi connectivity index (χ3n) is 4.11. The number of carbonyl (C=O) groups excluding carboxylic acids is 2. The quantitative estimate of drug-likeness (QED) is 0.579. The molecule has 0 aliphatic rings. The Labute approximate surface area is 151 Å². The van der Waals surface area contributed by atoms with E-state index in [1.807, 2.05) is 72.8 Å². The zero-order valence-electron chi connectivity index (χ0n) is 14.1. The van der Waals surface area contributed by atoms with Gasteiger partial charge in [0.1, 0.15) is 0 Å². The Morgan fingerprint density at radius 2 is 0.846 bits per heavy atom. The lowest BCUT2D eigenvalue weighted by atomic mass is 10.0. The van der Waals surface area contributed by atoms with Gasteiger partial charge in [0.25, 0.3) is 0 Å². The molecular weight excluding hydrogens is 324 g/mol. The Bertz CT molecular complexity index is 1000. The minimum absolute atomic E-state index is 0.378. The van der Waals surface area contributed by atoms with E-state index in [9.17, 15) is 9.59 Å². The minimum atomic E-state index is -0.378. The van der Waals surface area contributed by atoms with Crippen molar-refractivity contribution >= 4 is 33.4 Å². The second-order valence-corrected chi connectivity index (χ2v) is 5.78. The zero-order valence-corrected chi connectivity index (χ0v) is 14.1. The van der Waals surface area contributed by atoms with Gasteiger partial charge in [0, 0.05) is 11.1 Å². The average Bonchev–Trinajstić information content (AvgIpc) is 2.67. The number of primary amides is 2. The molecule has 0 aromatic heterocycles. The molecule has 0 atom stereocenters. The van der Waals surface area contributed by atoms with E-state index >= 15 is 0 Å². The van der Waals surface area contributed by atoms with Gasteiger partial charge in [-0.25, -0.2) is 0 Å². The van der Waals surface area contributed by atoms with Crippen molar-refractivity contribution in [3.05, 3.63) is 96.1 Å². The van der Waals surface area contributed by atoms with Gasteiger partial charge < -0.3 is 11.5 Å². The first-order valence-electron chi connectivity index (χ1n) is 8.13. The number of fused-ring (bicyclic) bond motifs is 2. The van der Waals surface area contributed by atoms with Crippen LogP contribution in [0.4, 0.5) is 0 Å². The molecule has 0 saturated carbocycles. The summed E-state index contributed by atoms with van der Waals surface area (Å²) in [6.45, 7) is 0. The Kier molecular flexibility index (Phi) is 4.94. The summed E-state index contributed by atoms with van der Waals surface area (Å²) in [4.78, 5) is 22.1. The number of hydrogen-bond donors (Lipinski definition) is 2. The van der Waals surface area contributed by atoms with Crippen LogP contribution in [0, 0.1) is 0 Å². The summed E-state index contributed by atoms with van der Waals surface area (Å²) in [6, 6.07) is 26.5. The highest BCUT2D eigenvalue weighted by molar-refractivity contribution is 6.06. The lowest BCUT2D eigenvalue weighted by Crippen LogP contribution is -2.11. The molecule has 0 heterocycles. The summed E-state index contributed by atoms with van der Waals surface area (Å²) in [5, 5.41) is 3.91. The molecular formula is C22H18N2O2. The van der Waals surface area contributed by atoms with Gasteiger partial charge in [-0.1, -0.05) is 72.8 Å². The van der Waals surface area contributed by atoms with E-state index < -0.39 is 0 Å². The minimum Gasteiger partial charge on any atom is -0.366 e. The van der Waals surface area contributed by atoms with Crippen molar-refractivity contribution < 1.29 is 9.59 Å². The van der Waals surface area contributed by atoms with Crippen LogP contribution in [0.2, 0.25) is 0 Å². The summed E-state index contributed by atoms with van der Waals surface area (Å²) in [6.07, 6.45) is 0. The van der Waals surface area contributed by atoms with Crippen molar-refractivity contribution in [2.45, 2.75) is 0 Å². The smallest absolute Gasteiger partial charge is 0.249 e. The topological polar surface area (TPSA) is 86.2 Å². The van der Waals surface area contributed by atoms with Gasteiger partial charge in [0.2, 0.25) is 11.8 Å². The second-order valence-electron chi connectivity index (χ2n) is 5.78. The van der Waals surface area contributed by atoms with E-state index in [0.717, 1.165) is 21.5 Å². The van der Waals surface area contributed by atoms with Crippen LogP contribution in [0.15, 0.2) is 84.9 Å². The molecule has 0 spiro atoms. The van der Waals surface area contributed by atoms with Crippen LogP contribution in [-0.4, -0.2) is 11.8 Å². The van der Waals surface area contributed by atoms with Crippen molar-refractivity contribution in [3.63, 3.8) is 0 Å². The van der Waals surface area contributed by atoms with Crippen LogP contribution in [0.3, 0.4) is 0 Å². The maximum absolute atomic E-state index is 11.0. The van der Waals surface area contributed by atoms with Crippen LogP contribution in [-0.2, 0) is 0 Å². The average molecular weight is 342 g/mol. The number of hydrogen-bond acceptors (Lipinski definition) is 2. The maximum atomic E-state index is 11.0. The molecule has 4 heteroatoms. The van der Waals surface area contributed by atoms with Gasteiger partial charge in [-0.3, -0.25) is 9.59 Å². The van der Waals surface area contributed by atoms with Crippen LogP contribution in [0.25, 0.3) is 21.5 Å². The molecule has 4 aromatic carbocycles. The fourth-order valence-electron chi connectivity index (χ4n) is 2.88. The highest BCUT2D eigenvalue weighted by atomic mass is 16.1. The summed E-state index contributed by atoms with van der Waals surface area (Å²) < 4.78 is 0. The van der Waals surface area contributed by atoms with E-state index in [2.05, 4.69) is 0 Å². The number of nitrogens with two attached hydrogens (primary N) is 2. The molecule has 0 radical (unpaired) electrons. The zero-order chi connectivity index (χ0) is 18.5. The normalized spacial score (nSPS) is 10.2. The number of rotatable bonds is 2. The monoisotopic (exact) mass is 342 g/mol. The van der Waals surface area contributed by atoms with Gasteiger partial charge >= 0.3 is 0 Å². The van der Waals surface area contributed by atoms with Crippen LogP contribution in [0.1, 0.15) is 20.7 Å². The van der Waals surface area contributed by atoms with Crippen molar-refractivity contribution in [2.75, 3.05) is 0 Å². The molecule has 0 fully saturated rings. The Hall–Kier alpha value is -3.66. The molecule has 0 saturated heterocycles. The SMILES string of the molecule is NC(=O)c1cccc2ccccc12.NC(=O)c1cccc2ccccc12. The molecule has 2 amide bonds. The van der Waals surface area contributed by atoms with Crippen LogP contribution >= 0.6 is 0 Å². The Morgan fingerprint density at radius 3 is 1.23 bits per heavy atom. The molecule has 26 heavy (non-hydrogen) atoms. The van der Waals surface area contributed by atoms with Crippen LogP contribution < -0.4 is 11.5 Å². The third-order valence-corrected chi connectivity index (χ3v) is 4.11. The molecule has 0 aliphatic carbocycles. The van der Waals surface area contributed by atoms with Gasteiger partial charge in [-0.05, 0) is 33.7 Å². The van der Waals surface area contributed by atoms with Crippen molar-refractivity contribution in [2.24, 2.45) is 11.5 Å². The summed E-state index contributed by atoms with van der Waals surface area (Å²) in [5.41, 5.74) is 11.6. The van der Waals surface area contributed by atoms with E-state index in [0.29, 0.717) is 11.1 Å². The Morgan fingerprint density at radius 1 is 0.500 bits per heavy atom. The molecule has 0 unspecified atom stereocenters. The standard InChI is InChI=1S/2C11H9NO/c2*12-11(13)10-7-3-5-8-4-1-2-6-9(8)10/h2*1-7H,(H2,12,13). The van der Waals surface area contributed by atoms with Gasteiger partial charge in [-0.2, -0.15) is 0 Å². The first-order valence-corrected chi connectivity index (χ1v) is 8.13. The summed E-state index contributed by atoms with van der Waals surface area (Å²) in [7, 11) is 0. The van der Waals surface area contributed by atoms with E-state index in [1.165, 1.54) is 0 Å². The van der Waals surface area contributed by atoms with Gasteiger partial charge in [0.05, 0.1) is 0 Å². The number of amides is 2. The maximum Gasteiger partial charge on any atom is 0.249 e. The molecule has 128 valence electrons. The summed E-state index contributed by atoms with van der Waals surface area (Å²) in [5.74, 6) is -0.756. The molecule has 4 N–H and O–H groups in total. The third kappa shape index (κ3) is 3.54. The lowest BCUT2D eigenvalue weighted by Gasteiger charge is -2.01. The number of benzene rings is 4. The first kappa shape index (κ1) is 17.2. The number of carbonyl (C=O) groups is 2. The van der Waals surface area contributed by atoms with Crippen molar-refractivity contribution in [1.82, 2.24) is 0 Å². The van der Waals surface area contributed by atoms with Crippen LogP contribution in [0.5, 0.6) is 0 Å². The predicted molar refractivity (Wildman–Crippen MR) is 105 cm³/mol. The van der Waals surface area contributed by atoms with Crippen molar-refractivity contribution in [3.8, 4) is 0 Å². The van der Waals surface area contributed by atoms with E-state index in [1.54, 1.807) is 12.1 Å². The fourth-order valence-corrected chi connectivity index (χ4v) is 2.88. The lowest BCUT2D eigenvalue weighted by molar-refractivity contribution is 0.0993. The molecule has 0 bridgehead atoms. The van der Waals surface area contributed by atoms with E-state index in [-0.39, 0.29) is 11.8 Å². The highest BCUT2D eigenvalue weighted by Crippen LogP contribution is 2.18. The summed E-state index contributed by atoms with van der Waals surface area (Å²) >= 11 is 0. The second kappa shape index (κ2) is 7.49. The molecule has 4 rings (SSSR count). The highest BCUT2D eigenvalue weighted by Gasteiger charge is 2.04. The Balaban J connectivity index is 0.000000151. The first-order chi connectivity index (χ1) is 12.6. The largest absolute Gasteiger partial charge is 0.366 e. The van der Waals surface area contributed by atoms with Crippen molar-refractivity contribution in [1.29, 1.82) is 0 Å². The molecule has 0 aliphatic heterocycles. The van der Waals surface area contributed by atoms with Gasteiger partial charge in [0.15, 0.2) is 0 Å². The van der Waals surface area contributed by atoms with Gasteiger partial charge in [-0.15, -0.1) is 0 Å². The van der Waals surface area contributed by atoms with E-state index in [4.69, 9.17) is 11.5 Å². The predicted octanol–water partition coefficient (Wildman–Crippen LogP) is 3.88. The molecule has 4 aromatic rings.